The molecule has 1 aromatic heterocycles. The molecule has 0 spiro atoms. The van der Waals surface area contributed by atoms with Gasteiger partial charge < -0.3 is 10.7 Å². The Kier molecular flexibility index (Phi) is 4.85. The first kappa shape index (κ1) is 18.6. The van der Waals surface area contributed by atoms with Crippen LogP contribution in [0, 0.1) is 27.7 Å². The fourth-order valence-electron chi connectivity index (χ4n) is 3.27. The van der Waals surface area contributed by atoms with Crippen LogP contribution in [0.4, 0.5) is 5.69 Å². The zero-order valence-corrected chi connectivity index (χ0v) is 17.2. The van der Waals surface area contributed by atoms with Crippen molar-refractivity contribution in [2.45, 2.75) is 44.1 Å². The first-order valence-corrected chi connectivity index (χ1v) is 10.1. The van der Waals surface area contributed by atoms with E-state index < -0.39 is 0 Å². The maximum atomic E-state index is 13.3. The summed E-state index contributed by atoms with van der Waals surface area (Å²) < 4.78 is 1.86. The number of nitrogens with one attached hydrogen (secondary N) is 2. The van der Waals surface area contributed by atoms with Crippen molar-refractivity contribution in [3.05, 3.63) is 70.5 Å². The predicted molar refractivity (Wildman–Crippen MR) is 112 cm³/mol. The van der Waals surface area contributed by atoms with Gasteiger partial charge in [-0.1, -0.05) is 53.7 Å². The summed E-state index contributed by atoms with van der Waals surface area (Å²) >= 11 is 1.44. The van der Waals surface area contributed by atoms with Gasteiger partial charge in [0.05, 0.1) is 6.04 Å². The largest absolute Gasteiger partial charge is 0.325 e. The standard InChI is InChI=1S/C21H23N5OS/c1-12-8-10-16(11-9-12)18-19(28-21-24-23-15(4)26(21)25-18)20(27)22-17-7-5-6-13(2)14(17)3/h5-11,18-19,25H,1-4H3,(H,22,27)/t18-,19-/m0/s1. The lowest BCUT2D eigenvalue weighted by Crippen LogP contribution is -2.41. The van der Waals surface area contributed by atoms with E-state index in [1.165, 1.54) is 17.3 Å². The van der Waals surface area contributed by atoms with E-state index in [2.05, 4.69) is 52.1 Å². The molecule has 0 aliphatic carbocycles. The molecule has 144 valence electrons. The second-order valence-electron chi connectivity index (χ2n) is 7.16. The summed E-state index contributed by atoms with van der Waals surface area (Å²) in [5.41, 5.74) is 8.75. The molecule has 3 aromatic rings. The second-order valence-corrected chi connectivity index (χ2v) is 8.27. The van der Waals surface area contributed by atoms with Crippen molar-refractivity contribution in [1.82, 2.24) is 14.9 Å². The third-order valence-corrected chi connectivity index (χ3v) is 6.37. The summed E-state index contributed by atoms with van der Waals surface area (Å²) in [7, 11) is 0. The van der Waals surface area contributed by atoms with Gasteiger partial charge in [-0.05, 0) is 50.5 Å². The maximum Gasteiger partial charge on any atom is 0.240 e. The molecule has 6 nitrogen and oxygen atoms in total. The smallest absolute Gasteiger partial charge is 0.240 e. The summed E-state index contributed by atoms with van der Waals surface area (Å²) in [4.78, 5) is 13.3. The molecular formula is C21H23N5OS. The van der Waals surface area contributed by atoms with Crippen LogP contribution in [0.3, 0.4) is 0 Å². The molecule has 28 heavy (non-hydrogen) atoms. The average molecular weight is 394 g/mol. The van der Waals surface area contributed by atoms with E-state index in [-0.39, 0.29) is 17.2 Å². The van der Waals surface area contributed by atoms with E-state index in [0.29, 0.717) is 5.16 Å². The lowest BCUT2D eigenvalue weighted by Gasteiger charge is -2.33. The van der Waals surface area contributed by atoms with E-state index in [1.807, 2.05) is 43.6 Å². The molecule has 0 bridgehead atoms. The number of amides is 1. The van der Waals surface area contributed by atoms with E-state index in [1.54, 1.807) is 0 Å². The van der Waals surface area contributed by atoms with Gasteiger partial charge in [-0.15, -0.1) is 10.2 Å². The number of benzene rings is 2. The van der Waals surface area contributed by atoms with Gasteiger partial charge in [-0.25, -0.2) is 4.68 Å². The predicted octanol–water partition coefficient (Wildman–Crippen LogP) is 3.91. The quantitative estimate of drug-likeness (QED) is 0.706. The fourth-order valence-corrected chi connectivity index (χ4v) is 4.40. The van der Waals surface area contributed by atoms with Gasteiger partial charge >= 0.3 is 0 Å². The molecular weight excluding hydrogens is 370 g/mol. The van der Waals surface area contributed by atoms with Gasteiger partial charge in [-0.3, -0.25) is 4.79 Å². The molecule has 4 rings (SSSR count). The van der Waals surface area contributed by atoms with E-state index in [0.717, 1.165) is 28.2 Å². The van der Waals surface area contributed by atoms with Crippen LogP contribution in [0.25, 0.3) is 0 Å². The monoisotopic (exact) mass is 393 g/mol. The minimum atomic E-state index is -0.376. The average Bonchev–Trinajstić information content (AvgIpc) is 3.05. The van der Waals surface area contributed by atoms with Crippen LogP contribution in [-0.2, 0) is 4.79 Å². The number of anilines is 1. The van der Waals surface area contributed by atoms with Crippen LogP contribution in [0.5, 0.6) is 0 Å². The highest BCUT2D eigenvalue weighted by molar-refractivity contribution is 8.00. The highest BCUT2D eigenvalue weighted by Crippen LogP contribution is 2.37. The van der Waals surface area contributed by atoms with Crippen molar-refractivity contribution in [2.24, 2.45) is 0 Å². The van der Waals surface area contributed by atoms with Crippen LogP contribution < -0.4 is 10.7 Å². The second kappa shape index (κ2) is 7.31. The molecule has 2 aromatic carbocycles. The molecule has 0 saturated carbocycles. The number of hydrogen-bond donors (Lipinski definition) is 2. The zero-order chi connectivity index (χ0) is 19.8. The molecule has 2 N–H and O–H groups in total. The van der Waals surface area contributed by atoms with E-state index >= 15 is 0 Å². The Hall–Kier alpha value is -2.80. The lowest BCUT2D eigenvalue weighted by atomic mass is 10.0. The number of thioether (sulfide) groups is 1. The van der Waals surface area contributed by atoms with Crippen LogP contribution in [0.2, 0.25) is 0 Å². The number of nitrogens with zero attached hydrogens (tertiary/aromatic N) is 3. The van der Waals surface area contributed by atoms with Crippen molar-refractivity contribution < 1.29 is 4.79 Å². The van der Waals surface area contributed by atoms with Crippen LogP contribution >= 0.6 is 11.8 Å². The number of hydrogen-bond acceptors (Lipinski definition) is 5. The van der Waals surface area contributed by atoms with Crippen molar-refractivity contribution in [2.75, 3.05) is 10.7 Å². The Morgan fingerprint density at radius 3 is 2.57 bits per heavy atom. The maximum absolute atomic E-state index is 13.3. The molecule has 1 aliphatic heterocycles. The van der Waals surface area contributed by atoms with Crippen LogP contribution in [0.1, 0.15) is 34.1 Å². The number of carbonyl (C=O) groups excluding carboxylic acids is 1. The Morgan fingerprint density at radius 1 is 1.07 bits per heavy atom. The number of carbonyl (C=O) groups is 1. The molecule has 0 saturated heterocycles. The molecule has 7 heteroatoms. The van der Waals surface area contributed by atoms with Crippen molar-refractivity contribution in [3.8, 4) is 0 Å². The van der Waals surface area contributed by atoms with Gasteiger partial charge in [0.15, 0.2) is 0 Å². The SMILES string of the molecule is Cc1ccc([C@@H]2Nn3c(C)nnc3S[C@@H]2C(=O)Nc2cccc(C)c2C)cc1. The third kappa shape index (κ3) is 3.38. The fraction of sp³-hybridized carbons (Fsp3) is 0.286. The van der Waals surface area contributed by atoms with Gasteiger partial charge in [0.2, 0.25) is 11.1 Å². The molecule has 2 atom stereocenters. The van der Waals surface area contributed by atoms with Crippen LogP contribution in [0.15, 0.2) is 47.6 Å². The number of aromatic nitrogens is 3. The normalized spacial score (nSPS) is 18.3. The van der Waals surface area contributed by atoms with Crippen molar-refractivity contribution in [3.63, 3.8) is 0 Å². The zero-order valence-electron chi connectivity index (χ0n) is 16.4. The van der Waals surface area contributed by atoms with Gasteiger partial charge in [0, 0.05) is 5.69 Å². The molecule has 0 fully saturated rings. The first-order chi connectivity index (χ1) is 13.4. The third-order valence-electron chi connectivity index (χ3n) is 5.16. The summed E-state index contributed by atoms with van der Waals surface area (Å²) in [5.74, 6) is 0.719. The number of aryl methyl sites for hydroxylation is 3. The highest BCUT2D eigenvalue weighted by atomic mass is 32.2. The Morgan fingerprint density at radius 2 is 1.82 bits per heavy atom. The number of rotatable bonds is 3. The van der Waals surface area contributed by atoms with Gasteiger partial charge in [0.25, 0.3) is 0 Å². The lowest BCUT2D eigenvalue weighted by molar-refractivity contribution is -0.116. The summed E-state index contributed by atoms with van der Waals surface area (Å²) in [6.07, 6.45) is 0. The minimum Gasteiger partial charge on any atom is -0.325 e. The minimum absolute atomic E-state index is 0.0521. The molecule has 2 heterocycles. The van der Waals surface area contributed by atoms with E-state index in [9.17, 15) is 4.79 Å². The van der Waals surface area contributed by atoms with E-state index in [4.69, 9.17) is 0 Å². The highest BCUT2D eigenvalue weighted by Gasteiger charge is 2.37. The topological polar surface area (TPSA) is 71.8 Å². The summed E-state index contributed by atoms with van der Waals surface area (Å²) in [5, 5.41) is 11.8. The van der Waals surface area contributed by atoms with Crippen LogP contribution in [-0.4, -0.2) is 26.0 Å². The molecule has 1 amide bonds. The molecule has 0 radical (unpaired) electrons. The van der Waals surface area contributed by atoms with Gasteiger partial charge in [-0.2, -0.15) is 0 Å². The first-order valence-electron chi connectivity index (χ1n) is 9.23. The molecule has 1 aliphatic rings. The van der Waals surface area contributed by atoms with Crippen molar-refractivity contribution >= 4 is 23.4 Å². The Balaban J connectivity index is 1.68. The van der Waals surface area contributed by atoms with Crippen molar-refractivity contribution in [1.29, 1.82) is 0 Å². The molecule has 0 unspecified atom stereocenters. The summed E-state index contributed by atoms with van der Waals surface area (Å²) in [6.45, 7) is 8.02. The Bertz CT molecular complexity index is 1030. The van der Waals surface area contributed by atoms with Gasteiger partial charge in [0.1, 0.15) is 11.1 Å². The Labute approximate surface area is 168 Å². The number of fused-ring (bicyclic) bond motifs is 1. The summed E-state index contributed by atoms with van der Waals surface area (Å²) in [6, 6.07) is 14.0.